The molecule has 0 radical (unpaired) electrons. The monoisotopic (exact) mass is 250 g/mol. The number of hydrogen-bond acceptors (Lipinski definition) is 1. The predicted molar refractivity (Wildman–Crippen MR) is 43.8 cm³/mol. The van der Waals surface area contributed by atoms with Gasteiger partial charge in [0.25, 0.3) is 5.92 Å². The van der Waals surface area contributed by atoms with Crippen molar-refractivity contribution in [3.8, 4) is 0 Å². The number of hydrogen-bond donors (Lipinski definition) is 1. The van der Waals surface area contributed by atoms with Gasteiger partial charge in [-0.05, 0) is 12.3 Å². The van der Waals surface area contributed by atoms with Gasteiger partial charge in [0.15, 0.2) is 0 Å². The Kier molecular flexibility index (Phi) is 3.22. The average Bonchev–Trinajstić information content (AvgIpc) is 2.34. The van der Waals surface area contributed by atoms with Gasteiger partial charge in [0.1, 0.15) is 0 Å². The third-order valence-corrected chi connectivity index (χ3v) is 3.30. The van der Waals surface area contributed by atoms with Crippen LogP contribution in [0.5, 0.6) is 0 Å². The molecular weight excluding hydrogens is 238 g/mol. The van der Waals surface area contributed by atoms with Gasteiger partial charge in [0.2, 0.25) is 5.60 Å². The summed E-state index contributed by atoms with van der Waals surface area (Å²) < 4.78 is 76.4. The Morgan fingerprint density at radius 2 is 1.81 bits per heavy atom. The molecule has 16 heavy (non-hydrogen) atoms. The molecule has 0 heterocycles. The van der Waals surface area contributed by atoms with Crippen LogP contribution in [0.4, 0.5) is 26.3 Å². The maximum atomic E-state index is 13.4. The maximum absolute atomic E-state index is 13.4. The van der Waals surface area contributed by atoms with E-state index in [4.69, 9.17) is 5.11 Å². The van der Waals surface area contributed by atoms with Crippen LogP contribution in [0.3, 0.4) is 0 Å². The fourth-order valence-electron chi connectivity index (χ4n) is 2.22. The number of halogens is 6. The van der Waals surface area contributed by atoms with Gasteiger partial charge < -0.3 is 5.11 Å². The summed E-state index contributed by atoms with van der Waals surface area (Å²) in [7, 11) is 0. The highest BCUT2D eigenvalue weighted by Crippen LogP contribution is 2.58. The molecule has 0 saturated heterocycles. The van der Waals surface area contributed by atoms with Crippen molar-refractivity contribution in [3.63, 3.8) is 0 Å². The number of aliphatic hydroxyl groups is 1. The Labute approximate surface area is 88.4 Å². The van der Waals surface area contributed by atoms with E-state index >= 15 is 0 Å². The topological polar surface area (TPSA) is 20.2 Å². The fraction of sp³-hybridized carbons (Fsp3) is 1.00. The van der Waals surface area contributed by atoms with Gasteiger partial charge in [-0.3, -0.25) is 4.39 Å². The molecule has 1 N–H and O–H groups in total. The molecule has 7 heteroatoms. The Balaban J connectivity index is 3.16. The molecule has 3 atom stereocenters. The van der Waals surface area contributed by atoms with Crippen molar-refractivity contribution in [2.45, 2.75) is 37.5 Å². The SMILES string of the molecule is CCC1CC(O)(C(F)(F)F)C(F)(F)C1CF. The van der Waals surface area contributed by atoms with Crippen LogP contribution in [-0.2, 0) is 0 Å². The van der Waals surface area contributed by atoms with Crippen molar-refractivity contribution in [3.05, 3.63) is 0 Å². The van der Waals surface area contributed by atoms with E-state index in [-0.39, 0.29) is 6.42 Å². The Morgan fingerprint density at radius 1 is 1.31 bits per heavy atom. The second kappa shape index (κ2) is 3.78. The molecule has 0 aromatic carbocycles. The summed E-state index contributed by atoms with van der Waals surface area (Å²) in [6, 6.07) is 0. The molecule has 0 aromatic heterocycles. The fourth-order valence-corrected chi connectivity index (χ4v) is 2.22. The molecule has 1 aliphatic rings. The van der Waals surface area contributed by atoms with Gasteiger partial charge >= 0.3 is 6.18 Å². The minimum Gasteiger partial charge on any atom is -0.376 e. The number of rotatable bonds is 2. The van der Waals surface area contributed by atoms with Crippen molar-refractivity contribution in [1.29, 1.82) is 0 Å². The molecule has 0 amide bonds. The highest BCUT2D eigenvalue weighted by atomic mass is 19.4. The van der Waals surface area contributed by atoms with E-state index < -0.39 is 42.6 Å². The van der Waals surface area contributed by atoms with Crippen molar-refractivity contribution >= 4 is 0 Å². The van der Waals surface area contributed by atoms with Gasteiger partial charge in [-0.25, -0.2) is 8.78 Å². The van der Waals surface area contributed by atoms with Gasteiger partial charge in [0, 0.05) is 0 Å². The zero-order valence-corrected chi connectivity index (χ0v) is 8.49. The smallest absolute Gasteiger partial charge is 0.376 e. The third kappa shape index (κ3) is 1.59. The van der Waals surface area contributed by atoms with E-state index in [0.717, 1.165) is 0 Å². The standard InChI is InChI=1S/C9H12F6O/c1-2-5-3-7(16,9(13,14)15)8(11,12)6(5)4-10/h5-6,16H,2-4H2,1H3. The van der Waals surface area contributed by atoms with Crippen LogP contribution in [-0.4, -0.2) is 29.5 Å². The lowest BCUT2D eigenvalue weighted by molar-refractivity contribution is -0.326. The van der Waals surface area contributed by atoms with E-state index in [1.54, 1.807) is 0 Å². The summed E-state index contributed by atoms with van der Waals surface area (Å²) in [6.07, 6.45) is -6.62. The molecule has 1 saturated carbocycles. The van der Waals surface area contributed by atoms with Gasteiger partial charge in [-0.2, -0.15) is 13.2 Å². The third-order valence-electron chi connectivity index (χ3n) is 3.30. The first kappa shape index (κ1) is 13.6. The first-order valence-electron chi connectivity index (χ1n) is 4.84. The molecule has 1 fully saturated rings. The van der Waals surface area contributed by atoms with Crippen LogP contribution in [0.15, 0.2) is 0 Å². The average molecular weight is 250 g/mol. The molecule has 96 valence electrons. The maximum Gasteiger partial charge on any atom is 0.423 e. The molecule has 1 nitrogen and oxygen atoms in total. The summed E-state index contributed by atoms with van der Waals surface area (Å²) in [6.45, 7) is -0.171. The molecule has 0 bridgehead atoms. The van der Waals surface area contributed by atoms with Crippen LogP contribution < -0.4 is 0 Å². The quantitative estimate of drug-likeness (QED) is 0.747. The van der Waals surface area contributed by atoms with Crippen molar-refractivity contribution < 1.29 is 31.4 Å². The predicted octanol–water partition coefficient (Wildman–Crippen LogP) is 2.93. The van der Waals surface area contributed by atoms with E-state index in [2.05, 4.69) is 0 Å². The summed E-state index contributed by atoms with van der Waals surface area (Å²) in [5.74, 6) is -7.70. The zero-order valence-electron chi connectivity index (χ0n) is 8.49. The van der Waals surface area contributed by atoms with Crippen molar-refractivity contribution in [2.75, 3.05) is 6.67 Å². The normalized spacial score (nSPS) is 39.0. The molecule has 3 unspecified atom stereocenters. The summed E-state index contributed by atoms with van der Waals surface area (Å²) in [4.78, 5) is 0. The van der Waals surface area contributed by atoms with Crippen LogP contribution in [0, 0.1) is 11.8 Å². The Hall–Kier alpha value is -0.460. The zero-order chi connectivity index (χ0) is 12.8. The number of alkyl halides is 6. The Bertz CT molecular complexity index is 263. The van der Waals surface area contributed by atoms with Crippen molar-refractivity contribution in [2.24, 2.45) is 11.8 Å². The summed E-state index contributed by atoms with van der Waals surface area (Å²) in [5, 5.41) is 9.12. The molecule has 1 aliphatic carbocycles. The first-order valence-corrected chi connectivity index (χ1v) is 4.84. The lowest BCUT2D eigenvalue weighted by Gasteiger charge is -2.33. The molecular formula is C9H12F6O. The molecule has 0 spiro atoms. The minimum absolute atomic E-state index is 0.0252. The van der Waals surface area contributed by atoms with E-state index in [0.29, 0.717) is 0 Å². The molecule has 0 aromatic rings. The molecule has 0 aliphatic heterocycles. The second-order valence-corrected chi connectivity index (χ2v) is 4.11. The van der Waals surface area contributed by atoms with E-state index in [1.807, 2.05) is 0 Å². The highest BCUT2D eigenvalue weighted by Gasteiger charge is 2.76. The van der Waals surface area contributed by atoms with Crippen LogP contribution in [0.25, 0.3) is 0 Å². The van der Waals surface area contributed by atoms with Crippen LogP contribution in [0.1, 0.15) is 19.8 Å². The lowest BCUT2D eigenvalue weighted by Crippen LogP contribution is -2.57. The second-order valence-electron chi connectivity index (χ2n) is 4.11. The largest absolute Gasteiger partial charge is 0.423 e. The minimum atomic E-state index is -5.45. The molecule has 1 rings (SSSR count). The van der Waals surface area contributed by atoms with E-state index in [1.165, 1.54) is 6.92 Å². The Morgan fingerprint density at radius 3 is 2.06 bits per heavy atom. The van der Waals surface area contributed by atoms with Gasteiger partial charge in [-0.15, -0.1) is 0 Å². The van der Waals surface area contributed by atoms with Gasteiger partial charge in [0.05, 0.1) is 12.6 Å². The first-order chi connectivity index (χ1) is 7.11. The van der Waals surface area contributed by atoms with Crippen LogP contribution >= 0.6 is 0 Å². The van der Waals surface area contributed by atoms with Crippen molar-refractivity contribution in [1.82, 2.24) is 0 Å². The lowest BCUT2D eigenvalue weighted by atomic mass is 9.93. The summed E-state index contributed by atoms with van der Waals surface area (Å²) in [5.41, 5.74) is -4.10. The van der Waals surface area contributed by atoms with Crippen LogP contribution in [0.2, 0.25) is 0 Å². The highest BCUT2D eigenvalue weighted by molar-refractivity contribution is 5.10. The van der Waals surface area contributed by atoms with Gasteiger partial charge in [-0.1, -0.05) is 13.3 Å². The van der Waals surface area contributed by atoms with E-state index in [9.17, 15) is 26.3 Å². The summed E-state index contributed by atoms with van der Waals surface area (Å²) >= 11 is 0.